The number of hydrogen-bond acceptors (Lipinski definition) is 7. The molecule has 0 aromatic heterocycles. The second-order valence-corrected chi connectivity index (χ2v) is 22.4. The van der Waals surface area contributed by atoms with E-state index >= 15 is 0 Å². The zero-order valence-electron chi connectivity index (χ0n) is 48.4. The minimum Gasteiger partial charge on any atom is -0.477 e. The molecule has 0 aliphatic carbocycles. The van der Waals surface area contributed by atoms with Crippen molar-refractivity contribution in [2.24, 2.45) is 0 Å². The Kier molecular flexibility index (Phi) is 53.3. The first-order valence-corrected chi connectivity index (χ1v) is 31.0. The molecule has 72 heavy (non-hydrogen) atoms. The van der Waals surface area contributed by atoms with E-state index in [0.29, 0.717) is 17.4 Å². The number of carboxylic acids is 1. The van der Waals surface area contributed by atoms with Crippen molar-refractivity contribution in [3.8, 4) is 0 Å². The highest BCUT2D eigenvalue weighted by atomic mass is 16.7. The van der Waals surface area contributed by atoms with Crippen LogP contribution in [0.4, 0.5) is 0 Å². The largest absolute Gasteiger partial charge is 0.477 e. The maximum absolute atomic E-state index is 12.9. The van der Waals surface area contributed by atoms with Crippen LogP contribution in [0.5, 0.6) is 0 Å². The molecule has 424 valence electrons. The Bertz CT molecular complexity index is 1230. The molecule has 0 spiro atoms. The molecule has 1 N–H and O–H groups in total. The smallest absolute Gasteiger partial charge is 0.361 e. The molecule has 0 bridgehead atoms. The first-order valence-electron chi connectivity index (χ1n) is 31.0. The van der Waals surface area contributed by atoms with E-state index in [2.05, 4.69) is 38.2 Å². The Balaban J connectivity index is 4.13. The monoisotopic (exact) mass is 1020 g/mol. The van der Waals surface area contributed by atoms with Crippen LogP contribution >= 0.6 is 0 Å². The molecule has 0 aliphatic heterocycles. The van der Waals surface area contributed by atoms with E-state index in [0.717, 1.165) is 38.5 Å². The topological polar surface area (TPSA) is 108 Å². The summed E-state index contributed by atoms with van der Waals surface area (Å²) in [6.07, 6.45) is 62.7. The van der Waals surface area contributed by atoms with Crippen molar-refractivity contribution in [1.29, 1.82) is 0 Å². The number of rotatable bonds is 58. The van der Waals surface area contributed by atoms with Gasteiger partial charge in [-0.15, -0.1) is 0 Å². The van der Waals surface area contributed by atoms with Crippen molar-refractivity contribution >= 4 is 17.9 Å². The van der Waals surface area contributed by atoms with Gasteiger partial charge < -0.3 is 28.5 Å². The molecule has 9 heteroatoms. The van der Waals surface area contributed by atoms with Crippen molar-refractivity contribution in [1.82, 2.24) is 0 Å². The van der Waals surface area contributed by atoms with Crippen LogP contribution in [0.1, 0.15) is 303 Å². The summed E-state index contributed by atoms with van der Waals surface area (Å²) in [5.41, 5.74) is 0. The number of aliphatic carboxylic acids is 1. The van der Waals surface area contributed by atoms with Gasteiger partial charge in [0.25, 0.3) is 6.29 Å². The van der Waals surface area contributed by atoms with Crippen LogP contribution in [-0.2, 0) is 33.3 Å². The van der Waals surface area contributed by atoms with E-state index in [1.165, 1.54) is 238 Å². The van der Waals surface area contributed by atoms with E-state index in [1.807, 2.05) is 21.1 Å². The molecule has 0 saturated carbocycles. The number of nitrogens with zero attached hydrogens (tertiary/aromatic N) is 1. The van der Waals surface area contributed by atoms with Crippen molar-refractivity contribution in [2.45, 2.75) is 315 Å². The molecule has 2 unspecified atom stereocenters. The number of likely N-dealkylation sites (N-methyl/N-ethyl adjacent to an activating group) is 1. The lowest BCUT2D eigenvalue weighted by Crippen LogP contribution is -2.40. The van der Waals surface area contributed by atoms with Gasteiger partial charge in [-0.25, -0.2) is 4.79 Å². The normalized spacial score (nSPS) is 12.8. The molecule has 0 rings (SSSR count). The van der Waals surface area contributed by atoms with Crippen LogP contribution < -0.4 is 0 Å². The van der Waals surface area contributed by atoms with E-state index in [-0.39, 0.29) is 38.2 Å². The fourth-order valence-electron chi connectivity index (χ4n) is 9.12. The van der Waals surface area contributed by atoms with Gasteiger partial charge in [-0.2, -0.15) is 0 Å². The third-order valence-electron chi connectivity index (χ3n) is 13.9. The summed E-state index contributed by atoms with van der Waals surface area (Å²) < 4.78 is 22.9. The molecule has 0 amide bonds. The molecule has 0 aliphatic rings. The van der Waals surface area contributed by atoms with E-state index < -0.39 is 18.4 Å². The Morgan fingerprint density at radius 1 is 0.403 bits per heavy atom. The highest BCUT2D eigenvalue weighted by Crippen LogP contribution is 2.17. The second-order valence-electron chi connectivity index (χ2n) is 22.4. The number of quaternary nitrogens is 1. The lowest BCUT2D eigenvalue weighted by molar-refractivity contribution is -0.870. The number of esters is 2. The zero-order chi connectivity index (χ0) is 52.7. The van der Waals surface area contributed by atoms with Gasteiger partial charge >= 0.3 is 17.9 Å². The zero-order valence-corrected chi connectivity index (χ0v) is 48.4. The molecule has 9 nitrogen and oxygen atoms in total. The summed E-state index contributed by atoms with van der Waals surface area (Å²) in [4.78, 5) is 37.4. The predicted octanol–water partition coefficient (Wildman–Crippen LogP) is 18.3. The Morgan fingerprint density at radius 2 is 0.708 bits per heavy atom. The maximum Gasteiger partial charge on any atom is 0.361 e. The van der Waals surface area contributed by atoms with Crippen molar-refractivity contribution < 1.29 is 42.9 Å². The van der Waals surface area contributed by atoms with Crippen LogP contribution in [0.15, 0.2) is 24.3 Å². The molecule has 0 fully saturated rings. The summed E-state index contributed by atoms with van der Waals surface area (Å²) in [7, 11) is 5.98. The molecule has 0 heterocycles. The average molecular weight is 1020 g/mol. The number of hydrogen-bond donors (Lipinski definition) is 1. The summed E-state index contributed by atoms with van der Waals surface area (Å²) in [5.74, 6) is -1.99. The standard InChI is InChI=1S/C63H119NO8/c1-6-8-10-12-14-16-18-20-22-24-26-27-28-29-30-31-32-33-34-35-36-38-40-42-44-46-48-50-52-54-61(66)72-59(58-71-63(62(67)68)69-56-55-64(3,4)5)57-70-60(65)53-51-49-47-45-43-41-39-37-25-23-21-19-17-15-13-11-9-7-2/h23-26,59,63H,6-22,27-58H2,1-5H3/p+1/b25-23-,26-24-. The van der Waals surface area contributed by atoms with E-state index in [1.54, 1.807) is 0 Å². The van der Waals surface area contributed by atoms with Gasteiger partial charge in [0.05, 0.1) is 34.4 Å². The number of carboxylic acid groups (broad SMARTS) is 1. The Labute approximate surface area is 446 Å². The van der Waals surface area contributed by atoms with Crippen LogP contribution in [0, 0.1) is 0 Å². The van der Waals surface area contributed by atoms with Gasteiger partial charge in [-0.05, 0) is 64.2 Å². The van der Waals surface area contributed by atoms with Crippen molar-refractivity contribution in [3.63, 3.8) is 0 Å². The highest BCUT2D eigenvalue weighted by molar-refractivity contribution is 5.71. The lowest BCUT2D eigenvalue weighted by atomic mass is 10.0. The summed E-state index contributed by atoms with van der Waals surface area (Å²) in [6.45, 7) is 4.92. The van der Waals surface area contributed by atoms with Gasteiger partial charge in [-0.1, -0.05) is 250 Å². The van der Waals surface area contributed by atoms with Crippen LogP contribution in [0.2, 0.25) is 0 Å². The molecular formula is C63H120NO8+. The first-order chi connectivity index (χ1) is 35.1. The summed E-state index contributed by atoms with van der Waals surface area (Å²) in [5, 5.41) is 9.71. The van der Waals surface area contributed by atoms with E-state index in [9.17, 15) is 19.5 Å². The third-order valence-corrected chi connectivity index (χ3v) is 13.9. The van der Waals surface area contributed by atoms with Gasteiger partial charge in [0, 0.05) is 12.8 Å². The maximum atomic E-state index is 12.9. The Morgan fingerprint density at radius 3 is 1.03 bits per heavy atom. The first kappa shape index (κ1) is 69.8. The number of ether oxygens (including phenoxy) is 4. The molecule has 0 radical (unpaired) electrons. The number of carbonyl (C=O) groups excluding carboxylic acids is 2. The van der Waals surface area contributed by atoms with E-state index in [4.69, 9.17) is 18.9 Å². The minimum absolute atomic E-state index is 0.179. The average Bonchev–Trinajstić information content (AvgIpc) is 3.35. The fraction of sp³-hybridized carbons (Fsp3) is 0.889. The lowest BCUT2D eigenvalue weighted by Gasteiger charge is -2.25. The second kappa shape index (κ2) is 55.0. The van der Waals surface area contributed by atoms with Gasteiger partial charge in [0.2, 0.25) is 0 Å². The number of unbranched alkanes of at least 4 members (excludes halogenated alkanes) is 39. The SMILES string of the molecule is CCCCCCCCC/C=C\CCCCCCCCCC(=O)OCC(COC(OCC[N+](C)(C)C)C(=O)O)OC(=O)CCCCCCCCCCCCCCCCCCC/C=C\CCCCCCCCCC. The van der Waals surface area contributed by atoms with Crippen LogP contribution in [0.3, 0.4) is 0 Å². The van der Waals surface area contributed by atoms with Gasteiger partial charge in [0.1, 0.15) is 13.2 Å². The highest BCUT2D eigenvalue weighted by Gasteiger charge is 2.25. The Hall–Kier alpha value is -2.23. The van der Waals surface area contributed by atoms with Gasteiger partial charge in [0.15, 0.2) is 6.10 Å². The van der Waals surface area contributed by atoms with Crippen molar-refractivity contribution in [3.05, 3.63) is 24.3 Å². The predicted molar refractivity (Wildman–Crippen MR) is 304 cm³/mol. The fourth-order valence-corrected chi connectivity index (χ4v) is 9.12. The van der Waals surface area contributed by atoms with Gasteiger partial charge in [-0.3, -0.25) is 9.59 Å². The quantitative estimate of drug-likeness (QED) is 0.0211. The molecule has 0 aromatic rings. The molecule has 0 aromatic carbocycles. The van der Waals surface area contributed by atoms with Crippen LogP contribution in [-0.4, -0.2) is 87.4 Å². The summed E-state index contributed by atoms with van der Waals surface area (Å²) >= 11 is 0. The molecule has 2 atom stereocenters. The third kappa shape index (κ3) is 55.5. The van der Waals surface area contributed by atoms with Crippen LogP contribution in [0.25, 0.3) is 0 Å². The van der Waals surface area contributed by atoms with Crippen molar-refractivity contribution in [2.75, 3.05) is 47.5 Å². The number of carbonyl (C=O) groups is 3. The minimum atomic E-state index is -1.51. The summed E-state index contributed by atoms with van der Waals surface area (Å²) in [6, 6.07) is 0. The number of allylic oxidation sites excluding steroid dienone is 4. The molecular weight excluding hydrogens is 899 g/mol. The molecule has 0 saturated heterocycles.